The third kappa shape index (κ3) is 2.69. The summed E-state index contributed by atoms with van der Waals surface area (Å²) in [6.45, 7) is 6.96. The molecule has 1 heterocycles. The fourth-order valence-electron chi connectivity index (χ4n) is 1.96. The van der Waals surface area contributed by atoms with E-state index in [1.54, 1.807) is 0 Å². The van der Waals surface area contributed by atoms with Crippen molar-refractivity contribution in [3.8, 4) is 0 Å². The van der Waals surface area contributed by atoms with Gasteiger partial charge in [0.15, 0.2) is 0 Å². The maximum Gasteiger partial charge on any atom is 0.323 e. The molecule has 2 atom stereocenters. The molecule has 0 saturated carbocycles. The number of nitrogens with one attached hydrogen (secondary N) is 1. The van der Waals surface area contributed by atoms with E-state index in [0.717, 1.165) is 26.1 Å². The van der Waals surface area contributed by atoms with E-state index in [-0.39, 0.29) is 12.0 Å². The van der Waals surface area contributed by atoms with Crippen LogP contribution in [-0.2, 0) is 9.53 Å². The lowest BCUT2D eigenvalue weighted by Gasteiger charge is -2.35. The van der Waals surface area contributed by atoms with E-state index in [4.69, 9.17) is 4.74 Å². The van der Waals surface area contributed by atoms with Crippen LogP contribution in [0, 0.1) is 0 Å². The molecule has 0 aliphatic carbocycles. The zero-order valence-corrected chi connectivity index (χ0v) is 9.25. The number of carbonyl (C=O) groups excluding carboxylic acids is 1. The third-order valence-electron chi connectivity index (χ3n) is 2.70. The van der Waals surface area contributed by atoms with Gasteiger partial charge in [-0.15, -0.1) is 0 Å². The summed E-state index contributed by atoms with van der Waals surface area (Å²) >= 11 is 0. The van der Waals surface area contributed by atoms with Gasteiger partial charge in [0.25, 0.3) is 0 Å². The molecule has 82 valence electrons. The van der Waals surface area contributed by atoms with Crippen LogP contribution in [0.2, 0.25) is 0 Å². The fraction of sp³-hybridized carbons (Fsp3) is 0.900. The van der Waals surface area contributed by atoms with Crippen LogP contribution in [-0.4, -0.2) is 49.7 Å². The second-order valence-corrected chi connectivity index (χ2v) is 3.80. The van der Waals surface area contributed by atoms with E-state index in [0.29, 0.717) is 6.04 Å². The average molecular weight is 200 g/mol. The van der Waals surface area contributed by atoms with E-state index < -0.39 is 0 Å². The molecule has 14 heavy (non-hydrogen) atoms. The van der Waals surface area contributed by atoms with Gasteiger partial charge >= 0.3 is 5.97 Å². The van der Waals surface area contributed by atoms with E-state index in [2.05, 4.69) is 17.1 Å². The molecule has 0 aromatic rings. The molecular weight excluding hydrogens is 180 g/mol. The van der Waals surface area contributed by atoms with E-state index in [9.17, 15) is 4.79 Å². The topological polar surface area (TPSA) is 41.6 Å². The van der Waals surface area contributed by atoms with Gasteiger partial charge in [0, 0.05) is 25.7 Å². The van der Waals surface area contributed by atoms with Crippen LogP contribution in [0.1, 0.15) is 20.3 Å². The van der Waals surface area contributed by atoms with Gasteiger partial charge in [-0.1, -0.05) is 6.92 Å². The minimum absolute atomic E-state index is 0.0652. The number of esters is 1. The van der Waals surface area contributed by atoms with Crippen molar-refractivity contribution in [3.05, 3.63) is 0 Å². The van der Waals surface area contributed by atoms with Crippen LogP contribution in [0.5, 0.6) is 0 Å². The van der Waals surface area contributed by atoms with Crippen molar-refractivity contribution in [3.63, 3.8) is 0 Å². The number of ether oxygens (including phenoxy) is 1. The molecule has 4 nitrogen and oxygen atoms in total. The average Bonchev–Trinajstić information content (AvgIpc) is 2.19. The summed E-state index contributed by atoms with van der Waals surface area (Å²) < 4.78 is 4.79. The Morgan fingerprint density at radius 1 is 1.71 bits per heavy atom. The fourth-order valence-corrected chi connectivity index (χ4v) is 1.96. The maximum atomic E-state index is 11.5. The minimum atomic E-state index is -0.110. The Kier molecular flexibility index (Phi) is 4.35. The van der Waals surface area contributed by atoms with Gasteiger partial charge in [-0.3, -0.25) is 9.69 Å². The molecule has 0 bridgehead atoms. The predicted molar refractivity (Wildman–Crippen MR) is 55.1 cm³/mol. The lowest BCUT2D eigenvalue weighted by atomic mass is 10.1. The maximum absolute atomic E-state index is 11.5. The van der Waals surface area contributed by atoms with Gasteiger partial charge in [-0.2, -0.15) is 0 Å². The van der Waals surface area contributed by atoms with Crippen LogP contribution in [0.25, 0.3) is 0 Å². The molecule has 0 aromatic heterocycles. The lowest BCUT2D eigenvalue weighted by molar-refractivity contribution is -0.147. The molecule has 2 unspecified atom stereocenters. The van der Waals surface area contributed by atoms with Gasteiger partial charge < -0.3 is 10.1 Å². The summed E-state index contributed by atoms with van der Waals surface area (Å²) in [6.07, 6.45) is 0.819. The molecule has 1 fully saturated rings. The molecule has 1 N–H and O–H groups in total. The molecule has 1 aliphatic heterocycles. The zero-order chi connectivity index (χ0) is 10.6. The molecule has 1 saturated heterocycles. The van der Waals surface area contributed by atoms with Crippen LogP contribution in [0.3, 0.4) is 0 Å². The van der Waals surface area contributed by atoms with Gasteiger partial charge in [0.1, 0.15) is 6.04 Å². The molecule has 0 spiro atoms. The predicted octanol–water partition coefficient (Wildman–Crippen LogP) is 0.232. The van der Waals surface area contributed by atoms with Crippen molar-refractivity contribution in [2.24, 2.45) is 0 Å². The first kappa shape index (κ1) is 11.5. The summed E-state index contributed by atoms with van der Waals surface area (Å²) in [4.78, 5) is 13.7. The Morgan fingerprint density at radius 3 is 2.93 bits per heavy atom. The first-order valence-electron chi connectivity index (χ1n) is 5.24. The van der Waals surface area contributed by atoms with Crippen molar-refractivity contribution in [1.82, 2.24) is 10.2 Å². The summed E-state index contributed by atoms with van der Waals surface area (Å²) in [6, 6.07) is 0.395. The quantitative estimate of drug-likeness (QED) is 0.662. The highest BCUT2D eigenvalue weighted by atomic mass is 16.5. The van der Waals surface area contributed by atoms with E-state index in [1.807, 2.05) is 6.92 Å². The molecular formula is C10H20N2O2. The normalized spacial score (nSPS) is 25.8. The second kappa shape index (κ2) is 5.32. The highest BCUT2D eigenvalue weighted by Gasteiger charge is 2.27. The number of methoxy groups -OCH3 is 1. The number of hydrogen-bond acceptors (Lipinski definition) is 4. The number of piperazine rings is 1. The summed E-state index contributed by atoms with van der Waals surface area (Å²) in [5, 5.41) is 3.35. The van der Waals surface area contributed by atoms with Gasteiger partial charge in [-0.25, -0.2) is 0 Å². The SMILES string of the molecule is CCC(C(=O)OC)N1CCNC(C)C1. The highest BCUT2D eigenvalue weighted by molar-refractivity contribution is 5.75. The minimum Gasteiger partial charge on any atom is -0.468 e. The standard InChI is InChI=1S/C10H20N2O2/c1-4-9(10(13)14-3)12-6-5-11-8(2)7-12/h8-9,11H,4-7H2,1-3H3. The smallest absolute Gasteiger partial charge is 0.323 e. The summed E-state index contributed by atoms with van der Waals surface area (Å²) in [5.74, 6) is -0.110. The molecule has 0 aromatic carbocycles. The van der Waals surface area contributed by atoms with Crippen LogP contribution >= 0.6 is 0 Å². The molecule has 1 rings (SSSR count). The van der Waals surface area contributed by atoms with Crippen molar-refractivity contribution in [1.29, 1.82) is 0 Å². The van der Waals surface area contributed by atoms with Crippen LogP contribution in [0.15, 0.2) is 0 Å². The Morgan fingerprint density at radius 2 is 2.43 bits per heavy atom. The number of nitrogens with zero attached hydrogens (tertiary/aromatic N) is 1. The van der Waals surface area contributed by atoms with Crippen molar-refractivity contribution in [2.75, 3.05) is 26.7 Å². The van der Waals surface area contributed by atoms with Crippen LogP contribution in [0.4, 0.5) is 0 Å². The lowest BCUT2D eigenvalue weighted by Crippen LogP contribution is -2.54. The van der Waals surface area contributed by atoms with Crippen molar-refractivity contribution >= 4 is 5.97 Å². The van der Waals surface area contributed by atoms with Crippen LogP contribution < -0.4 is 5.32 Å². The van der Waals surface area contributed by atoms with Crippen molar-refractivity contribution in [2.45, 2.75) is 32.4 Å². The van der Waals surface area contributed by atoms with Gasteiger partial charge in [0.2, 0.25) is 0 Å². The summed E-state index contributed by atoms with van der Waals surface area (Å²) in [5.41, 5.74) is 0. The Labute approximate surface area is 85.6 Å². The second-order valence-electron chi connectivity index (χ2n) is 3.80. The van der Waals surface area contributed by atoms with Gasteiger partial charge in [-0.05, 0) is 13.3 Å². The number of carbonyl (C=O) groups is 1. The van der Waals surface area contributed by atoms with Gasteiger partial charge in [0.05, 0.1) is 7.11 Å². The Balaban J connectivity index is 2.54. The third-order valence-corrected chi connectivity index (χ3v) is 2.70. The highest BCUT2D eigenvalue weighted by Crippen LogP contribution is 2.09. The Hall–Kier alpha value is -0.610. The zero-order valence-electron chi connectivity index (χ0n) is 9.25. The van der Waals surface area contributed by atoms with E-state index in [1.165, 1.54) is 7.11 Å². The first-order chi connectivity index (χ1) is 6.69. The number of rotatable bonds is 3. The molecule has 1 aliphatic rings. The molecule has 0 amide bonds. The van der Waals surface area contributed by atoms with E-state index >= 15 is 0 Å². The number of hydrogen-bond donors (Lipinski definition) is 1. The first-order valence-corrected chi connectivity index (χ1v) is 5.24. The largest absolute Gasteiger partial charge is 0.468 e. The molecule has 0 radical (unpaired) electrons. The Bertz CT molecular complexity index is 197. The van der Waals surface area contributed by atoms with Crippen molar-refractivity contribution < 1.29 is 9.53 Å². The molecule has 4 heteroatoms. The summed E-state index contributed by atoms with van der Waals surface area (Å²) in [7, 11) is 1.45. The monoisotopic (exact) mass is 200 g/mol.